The second-order valence-corrected chi connectivity index (χ2v) is 9.29. The van der Waals surface area contributed by atoms with E-state index < -0.39 is 23.0 Å². The Morgan fingerprint density at radius 1 is 1.14 bits per heavy atom. The molecule has 1 spiro atoms. The molecule has 7 nitrogen and oxygen atoms in total. The maximum atomic E-state index is 14.0. The molecular formula is C27H25F2N3O4. The van der Waals surface area contributed by atoms with Crippen molar-refractivity contribution in [3.05, 3.63) is 99.0 Å². The molecule has 2 aromatic carbocycles. The Balaban J connectivity index is 1.53. The molecule has 186 valence electrons. The SMILES string of the molecule is C[C@H]1n2cc(C(=O)NCc3ccc(F)cc3F)c(=O)c(OCc3ccccc3)c2C(=O)N(C)C12CC2. The fourth-order valence-electron chi connectivity index (χ4n) is 4.87. The Bertz CT molecular complexity index is 1420. The molecule has 36 heavy (non-hydrogen) atoms. The van der Waals surface area contributed by atoms with Gasteiger partial charge in [0.05, 0.1) is 11.6 Å². The van der Waals surface area contributed by atoms with Gasteiger partial charge in [0.2, 0.25) is 5.43 Å². The van der Waals surface area contributed by atoms with E-state index in [2.05, 4.69) is 5.32 Å². The summed E-state index contributed by atoms with van der Waals surface area (Å²) < 4.78 is 34.8. The predicted octanol–water partition coefficient (Wildman–Crippen LogP) is 3.81. The number of halogens is 2. The number of rotatable bonds is 6. The lowest BCUT2D eigenvalue weighted by molar-refractivity contribution is 0.0546. The zero-order valence-electron chi connectivity index (χ0n) is 19.9. The molecule has 0 saturated heterocycles. The van der Waals surface area contributed by atoms with Crippen LogP contribution < -0.4 is 15.5 Å². The van der Waals surface area contributed by atoms with E-state index in [4.69, 9.17) is 4.74 Å². The van der Waals surface area contributed by atoms with Crippen molar-refractivity contribution in [3.8, 4) is 5.75 Å². The lowest BCUT2D eigenvalue weighted by Gasteiger charge is -2.41. The topological polar surface area (TPSA) is 80.6 Å². The third kappa shape index (κ3) is 3.94. The number of carbonyl (C=O) groups excluding carboxylic acids is 2. The number of ether oxygens (including phenoxy) is 1. The molecule has 1 aromatic heterocycles. The molecule has 1 aliphatic carbocycles. The number of carbonyl (C=O) groups is 2. The molecule has 9 heteroatoms. The average molecular weight is 494 g/mol. The second kappa shape index (κ2) is 8.89. The average Bonchev–Trinajstić information content (AvgIpc) is 3.67. The van der Waals surface area contributed by atoms with Crippen molar-refractivity contribution in [2.75, 3.05) is 7.05 Å². The summed E-state index contributed by atoms with van der Waals surface area (Å²) in [5.74, 6) is -2.81. The van der Waals surface area contributed by atoms with Gasteiger partial charge in [-0.25, -0.2) is 8.78 Å². The molecule has 0 unspecified atom stereocenters. The van der Waals surface area contributed by atoms with E-state index in [1.165, 1.54) is 12.3 Å². The maximum Gasteiger partial charge on any atom is 0.274 e. The maximum absolute atomic E-state index is 14.0. The molecule has 2 amide bonds. The van der Waals surface area contributed by atoms with E-state index in [9.17, 15) is 23.2 Å². The van der Waals surface area contributed by atoms with Crippen LogP contribution in [0.15, 0.2) is 59.5 Å². The summed E-state index contributed by atoms with van der Waals surface area (Å²) in [6.07, 6.45) is 3.01. The molecular weight excluding hydrogens is 468 g/mol. The van der Waals surface area contributed by atoms with Crippen molar-refractivity contribution in [2.45, 2.75) is 44.5 Å². The first-order valence-corrected chi connectivity index (χ1v) is 11.7. The molecule has 1 N–H and O–H groups in total. The van der Waals surface area contributed by atoms with Gasteiger partial charge >= 0.3 is 0 Å². The van der Waals surface area contributed by atoms with E-state index in [0.717, 1.165) is 30.5 Å². The summed E-state index contributed by atoms with van der Waals surface area (Å²) in [4.78, 5) is 41.6. The number of nitrogens with zero attached hydrogens (tertiary/aromatic N) is 2. The monoisotopic (exact) mass is 493 g/mol. The van der Waals surface area contributed by atoms with Gasteiger partial charge in [-0.2, -0.15) is 0 Å². The Morgan fingerprint density at radius 3 is 2.53 bits per heavy atom. The van der Waals surface area contributed by atoms with Crippen LogP contribution in [0, 0.1) is 11.6 Å². The predicted molar refractivity (Wildman–Crippen MR) is 128 cm³/mol. The molecule has 3 aromatic rings. The normalized spacial score (nSPS) is 17.6. The molecule has 0 bridgehead atoms. The van der Waals surface area contributed by atoms with Crippen molar-refractivity contribution < 1.29 is 23.1 Å². The number of likely N-dealkylation sites (N-methyl/N-ethyl adjacent to an activating group) is 1. The minimum absolute atomic E-state index is 0.0332. The smallest absolute Gasteiger partial charge is 0.274 e. The van der Waals surface area contributed by atoms with Crippen LogP contribution >= 0.6 is 0 Å². The first-order chi connectivity index (χ1) is 17.2. The highest BCUT2D eigenvalue weighted by atomic mass is 19.1. The van der Waals surface area contributed by atoms with Crippen LogP contribution in [0.1, 0.15) is 57.8 Å². The van der Waals surface area contributed by atoms with E-state index in [1.807, 2.05) is 37.3 Å². The van der Waals surface area contributed by atoms with E-state index in [-0.39, 0.29) is 53.2 Å². The zero-order valence-corrected chi connectivity index (χ0v) is 19.9. The minimum atomic E-state index is -0.803. The lowest BCUT2D eigenvalue weighted by Crippen LogP contribution is -2.51. The summed E-state index contributed by atoms with van der Waals surface area (Å²) >= 11 is 0. The van der Waals surface area contributed by atoms with Crippen molar-refractivity contribution in [1.82, 2.24) is 14.8 Å². The number of pyridine rings is 1. The van der Waals surface area contributed by atoms with Crippen LogP contribution in [-0.2, 0) is 13.2 Å². The van der Waals surface area contributed by atoms with Crippen LogP contribution in [0.3, 0.4) is 0 Å². The van der Waals surface area contributed by atoms with Gasteiger partial charge in [-0.3, -0.25) is 14.4 Å². The lowest BCUT2D eigenvalue weighted by atomic mass is 9.99. The molecule has 1 aliphatic heterocycles. The van der Waals surface area contributed by atoms with Crippen molar-refractivity contribution in [2.24, 2.45) is 0 Å². The Morgan fingerprint density at radius 2 is 1.86 bits per heavy atom. The van der Waals surface area contributed by atoms with Gasteiger partial charge in [0.25, 0.3) is 11.8 Å². The quantitative estimate of drug-likeness (QED) is 0.566. The number of hydrogen-bond donors (Lipinski definition) is 1. The standard InChI is InChI=1S/C27H25F2N3O4/c1-16-27(10-11-27)31(2)26(35)22-24(36-15-17-6-4-3-5-7-17)23(33)20(14-32(16)22)25(34)30-13-18-8-9-19(28)12-21(18)29/h3-9,12,14,16H,10-11,13,15H2,1-2H3,(H,30,34)/t16-/m1/s1. The van der Waals surface area contributed by atoms with Crippen LogP contribution in [0.2, 0.25) is 0 Å². The number of amides is 2. The minimum Gasteiger partial charge on any atom is -0.483 e. The fourth-order valence-corrected chi connectivity index (χ4v) is 4.87. The van der Waals surface area contributed by atoms with Crippen LogP contribution in [0.4, 0.5) is 8.78 Å². The Kier molecular flexibility index (Phi) is 5.86. The zero-order chi connectivity index (χ0) is 25.6. The molecule has 2 heterocycles. The van der Waals surface area contributed by atoms with E-state index in [1.54, 1.807) is 16.5 Å². The molecule has 2 aliphatic rings. The second-order valence-electron chi connectivity index (χ2n) is 9.29. The third-order valence-electron chi connectivity index (χ3n) is 7.25. The summed E-state index contributed by atoms with van der Waals surface area (Å²) in [6.45, 7) is 1.74. The highest BCUT2D eigenvalue weighted by Gasteiger charge is 2.57. The molecule has 1 atom stereocenters. The number of nitrogens with one attached hydrogen (secondary N) is 1. The van der Waals surface area contributed by atoms with Gasteiger partial charge in [-0.1, -0.05) is 36.4 Å². The Hall–Kier alpha value is -4.01. The first kappa shape index (κ1) is 23.7. The number of fused-ring (bicyclic) bond motifs is 1. The summed E-state index contributed by atoms with van der Waals surface area (Å²) in [7, 11) is 1.72. The molecule has 5 rings (SSSR count). The fraction of sp³-hybridized carbons (Fsp3) is 0.296. The third-order valence-corrected chi connectivity index (χ3v) is 7.25. The van der Waals surface area contributed by atoms with Crippen molar-refractivity contribution in [3.63, 3.8) is 0 Å². The largest absolute Gasteiger partial charge is 0.483 e. The summed E-state index contributed by atoms with van der Waals surface area (Å²) in [5, 5.41) is 2.53. The highest BCUT2D eigenvalue weighted by molar-refractivity contribution is 5.99. The van der Waals surface area contributed by atoms with Crippen molar-refractivity contribution >= 4 is 11.8 Å². The van der Waals surface area contributed by atoms with Crippen LogP contribution in [-0.4, -0.2) is 33.9 Å². The number of benzene rings is 2. The van der Waals surface area contributed by atoms with E-state index >= 15 is 0 Å². The Labute approximate surface area is 206 Å². The van der Waals surface area contributed by atoms with Gasteiger partial charge in [0.15, 0.2) is 11.4 Å². The van der Waals surface area contributed by atoms with Crippen LogP contribution in [0.5, 0.6) is 5.75 Å². The van der Waals surface area contributed by atoms with Crippen LogP contribution in [0.25, 0.3) is 0 Å². The van der Waals surface area contributed by atoms with Gasteiger partial charge in [-0.05, 0) is 31.4 Å². The van der Waals surface area contributed by atoms with Gasteiger partial charge in [-0.15, -0.1) is 0 Å². The van der Waals surface area contributed by atoms with Crippen molar-refractivity contribution in [1.29, 1.82) is 0 Å². The number of aromatic nitrogens is 1. The highest BCUT2D eigenvalue weighted by Crippen LogP contribution is 2.53. The summed E-state index contributed by atoms with van der Waals surface area (Å²) in [6, 6.07) is 12.0. The molecule has 1 saturated carbocycles. The van der Waals surface area contributed by atoms with Gasteiger partial charge in [0.1, 0.15) is 23.8 Å². The van der Waals surface area contributed by atoms with Gasteiger partial charge < -0.3 is 19.5 Å². The van der Waals surface area contributed by atoms with Gasteiger partial charge in [0, 0.05) is 31.4 Å². The first-order valence-electron chi connectivity index (χ1n) is 11.7. The number of hydrogen-bond acceptors (Lipinski definition) is 4. The molecule has 0 radical (unpaired) electrons. The van der Waals surface area contributed by atoms with E-state index in [0.29, 0.717) is 0 Å². The summed E-state index contributed by atoms with van der Waals surface area (Å²) in [5.41, 5.74) is -0.351. The molecule has 1 fully saturated rings.